The Labute approximate surface area is 74.1 Å². The summed E-state index contributed by atoms with van der Waals surface area (Å²) in [6.07, 6.45) is 0. The van der Waals surface area contributed by atoms with Gasteiger partial charge in [-0.25, -0.2) is 0 Å². The molecular formula is C7H7Cl2Ru. The van der Waals surface area contributed by atoms with Gasteiger partial charge in [0.1, 0.15) is 0 Å². The molecule has 1 aromatic rings. The van der Waals surface area contributed by atoms with Gasteiger partial charge in [-0.3, -0.25) is 0 Å². The molecule has 0 fully saturated rings. The zero-order valence-corrected chi connectivity index (χ0v) is 8.45. The van der Waals surface area contributed by atoms with Crippen LogP contribution in [0.15, 0.2) is 30.3 Å². The van der Waals surface area contributed by atoms with E-state index in [1.165, 1.54) is 5.56 Å². The van der Waals surface area contributed by atoms with E-state index in [4.69, 9.17) is 19.4 Å². The van der Waals surface area contributed by atoms with Gasteiger partial charge in [0.25, 0.3) is 0 Å². The summed E-state index contributed by atoms with van der Waals surface area (Å²) < 4.78 is 0. The van der Waals surface area contributed by atoms with Crippen molar-refractivity contribution in [3.8, 4) is 0 Å². The van der Waals surface area contributed by atoms with Crippen molar-refractivity contribution in [1.29, 1.82) is 0 Å². The second-order valence-corrected chi connectivity index (χ2v) is 8.27. The van der Waals surface area contributed by atoms with E-state index in [0.717, 1.165) is 5.02 Å². The van der Waals surface area contributed by atoms with E-state index in [0.29, 0.717) is 0 Å². The van der Waals surface area contributed by atoms with Crippen LogP contribution in [0.4, 0.5) is 0 Å². The van der Waals surface area contributed by atoms with E-state index >= 15 is 0 Å². The fourth-order valence-corrected chi connectivity index (χ4v) is 2.91. The topological polar surface area (TPSA) is 0 Å². The van der Waals surface area contributed by atoms with Crippen LogP contribution in [-0.4, -0.2) is 0 Å². The van der Waals surface area contributed by atoms with Gasteiger partial charge < -0.3 is 0 Å². The van der Waals surface area contributed by atoms with Crippen LogP contribution in [0.5, 0.6) is 0 Å². The molecule has 1 aromatic carbocycles. The number of halogens is 2. The van der Waals surface area contributed by atoms with Gasteiger partial charge >= 0.3 is 74.3 Å². The number of rotatable bonds is 2. The third-order valence-electron chi connectivity index (χ3n) is 1.08. The first kappa shape index (κ1) is 8.52. The summed E-state index contributed by atoms with van der Waals surface area (Å²) in [5, 5.41) is 0.869. The molecule has 0 saturated carbocycles. The summed E-state index contributed by atoms with van der Waals surface area (Å²) in [5.74, 6) is 0. The molecule has 3 heteroatoms. The van der Waals surface area contributed by atoms with Crippen molar-refractivity contribution in [3.05, 3.63) is 35.9 Å². The van der Waals surface area contributed by atoms with E-state index in [2.05, 4.69) is 0 Å². The first-order chi connectivity index (χ1) is 4.79. The van der Waals surface area contributed by atoms with Crippen LogP contribution in [0.3, 0.4) is 0 Å². The molecule has 0 saturated heterocycles. The molecule has 0 nitrogen and oxygen atoms in total. The molecule has 0 radical (unpaired) electrons. The van der Waals surface area contributed by atoms with Crippen LogP contribution in [0, 0.1) is 0 Å². The van der Waals surface area contributed by atoms with Crippen molar-refractivity contribution in [1.82, 2.24) is 0 Å². The molecule has 0 aliphatic rings. The summed E-state index contributed by atoms with van der Waals surface area (Å²) in [6.45, 7) is 0. The molecule has 0 unspecified atom stereocenters. The number of hydrogen-bond donors (Lipinski definition) is 0. The first-order valence-corrected chi connectivity index (χ1v) is 8.49. The molecule has 57 valence electrons. The molecule has 0 spiro atoms. The van der Waals surface area contributed by atoms with Crippen molar-refractivity contribution in [2.45, 2.75) is 5.02 Å². The Hall–Kier alpha value is 0.423. The standard InChI is InChI=1S/C7H7.2ClH.Ru/c1-7-5-3-2-4-6-7;;;/h2-6H,1H2;2*1H;/q;;;+2/p-2. The zero-order valence-electron chi connectivity index (χ0n) is 5.20. The van der Waals surface area contributed by atoms with Crippen molar-refractivity contribution < 1.29 is 14.0 Å². The average Bonchev–Trinajstić information content (AvgIpc) is 1.88. The van der Waals surface area contributed by atoms with Crippen LogP contribution in [0.1, 0.15) is 5.56 Å². The molecule has 10 heavy (non-hydrogen) atoms. The van der Waals surface area contributed by atoms with Crippen molar-refractivity contribution in [2.75, 3.05) is 0 Å². The Morgan fingerprint density at radius 2 is 1.70 bits per heavy atom. The Morgan fingerprint density at radius 1 is 1.10 bits per heavy atom. The molecule has 0 heterocycles. The molecule has 1 rings (SSSR count). The van der Waals surface area contributed by atoms with Gasteiger partial charge in [0, 0.05) is 0 Å². The summed E-state index contributed by atoms with van der Waals surface area (Å²) in [4.78, 5) is 0. The predicted molar refractivity (Wildman–Crippen MR) is 41.9 cm³/mol. The molecule has 0 bridgehead atoms. The quantitative estimate of drug-likeness (QED) is 0.719. The fourth-order valence-electron chi connectivity index (χ4n) is 0.670. The molecule has 0 N–H and O–H groups in total. The van der Waals surface area contributed by atoms with Gasteiger partial charge in [-0.15, -0.1) is 0 Å². The van der Waals surface area contributed by atoms with Crippen molar-refractivity contribution in [2.24, 2.45) is 0 Å². The van der Waals surface area contributed by atoms with E-state index in [1.54, 1.807) is 0 Å². The Kier molecular flexibility index (Phi) is 3.69. The molecule has 0 amide bonds. The van der Waals surface area contributed by atoms with Crippen molar-refractivity contribution >= 4 is 19.4 Å². The van der Waals surface area contributed by atoms with E-state index < -0.39 is 14.0 Å². The number of benzene rings is 1. The van der Waals surface area contributed by atoms with Gasteiger partial charge in [-0.05, 0) is 0 Å². The van der Waals surface area contributed by atoms with Gasteiger partial charge in [0.2, 0.25) is 0 Å². The van der Waals surface area contributed by atoms with Gasteiger partial charge in [-0.2, -0.15) is 0 Å². The molecule has 0 aliphatic carbocycles. The fraction of sp³-hybridized carbons (Fsp3) is 0.143. The summed E-state index contributed by atoms with van der Waals surface area (Å²) in [5.41, 5.74) is 1.24. The van der Waals surface area contributed by atoms with Gasteiger partial charge in [0.15, 0.2) is 0 Å². The second-order valence-electron chi connectivity index (χ2n) is 1.85. The monoisotopic (exact) mass is 263 g/mol. The normalized spacial score (nSPS) is 11.2. The maximum absolute atomic E-state index is 5.72. The third-order valence-corrected chi connectivity index (χ3v) is 3.37. The molecule has 0 aliphatic heterocycles. The van der Waals surface area contributed by atoms with Gasteiger partial charge in [0.05, 0.1) is 0 Å². The van der Waals surface area contributed by atoms with E-state index in [1.807, 2.05) is 30.3 Å². The van der Waals surface area contributed by atoms with Crippen molar-refractivity contribution in [3.63, 3.8) is 0 Å². The number of hydrogen-bond acceptors (Lipinski definition) is 0. The van der Waals surface area contributed by atoms with Crippen LogP contribution < -0.4 is 0 Å². The Bertz CT molecular complexity index is 186. The summed E-state index contributed by atoms with van der Waals surface area (Å²) >= 11 is -1.49. The van der Waals surface area contributed by atoms with Crippen LogP contribution >= 0.6 is 19.4 Å². The van der Waals surface area contributed by atoms with E-state index in [-0.39, 0.29) is 0 Å². The Balaban J connectivity index is 2.59. The minimum atomic E-state index is -1.49. The van der Waals surface area contributed by atoms with Crippen LogP contribution in [0.25, 0.3) is 0 Å². The maximum atomic E-state index is 5.72. The zero-order chi connectivity index (χ0) is 7.40. The SMILES string of the molecule is [Cl][Ru]([Cl])[CH2]c1ccccc1. The first-order valence-electron chi connectivity index (χ1n) is 2.78. The molecular weight excluding hydrogens is 256 g/mol. The minimum absolute atomic E-state index is 0.869. The second kappa shape index (κ2) is 4.33. The average molecular weight is 263 g/mol. The molecule has 0 aromatic heterocycles. The Morgan fingerprint density at radius 3 is 2.20 bits per heavy atom. The van der Waals surface area contributed by atoms with Gasteiger partial charge in [-0.1, -0.05) is 0 Å². The third kappa shape index (κ3) is 3.01. The van der Waals surface area contributed by atoms with Crippen LogP contribution in [-0.2, 0) is 19.0 Å². The van der Waals surface area contributed by atoms with Crippen LogP contribution in [0.2, 0.25) is 0 Å². The van der Waals surface area contributed by atoms with E-state index in [9.17, 15) is 0 Å². The summed E-state index contributed by atoms with van der Waals surface area (Å²) in [7, 11) is 11.4. The predicted octanol–water partition coefficient (Wildman–Crippen LogP) is 3.11. The molecule has 0 atom stereocenters. The summed E-state index contributed by atoms with van der Waals surface area (Å²) in [6, 6.07) is 10.1.